The van der Waals surface area contributed by atoms with E-state index in [9.17, 15) is 4.79 Å². The number of thioether (sulfide) groups is 1. The molecule has 2 rings (SSSR count). The van der Waals surface area contributed by atoms with E-state index in [1.807, 2.05) is 24.3 Å². The second-order valence-corrected chi connectivity index (χ2v) is 5.54. The quantitative estimate of drug-likeness (QED) is 0.678. The zero-order chi connectivity index (χ0) is 13.8. The summed E-state index contributed by atoms with van der Waals surface area (Å²) in [7, 11) is 1.60. The van der Waals surface area contributed by atoms with Crippen LogP contribution in [0.25, 0.3) is 6.08 Å². The molecule has 0 aliphatic carbocycles. The van der Waals surface area contributed by atoms with E-state index in [0.29, 0.717) is 22.3 Å². The molecule has 1 heterocycles. The van der Waals surface area contributed by atoms with Gasteiger partial charge in [0.25, 0.3) is 5.91 Å². The van der Waals surface area contributed by atoms with Crippen molar-refractivity contribution < 1.29 is 9.53 Å². The van der Waals surface area contributed by atoms with Crippen LogP contribution >= 0.6 is 24.0 Å². The lowest BCUT2D eigenvalue weighted by Crippen LogP contribution is -2.32. The Labute approximate surface area is 121 Å². The van der Waals surface area contributed by atoms with Gasteiger partial charge >= 0.3 is 0 Å². The molecule has 1 aliphatic heterocycles. The van der Waals surface area contributed by atoms with Crippen LogP contribution in [0.15, 0.2) is 29.2 Å². The lowest BCUT2D eigenvalue weighted by atomic mass is 10.2. The molecule has 1 aliphatic rings. The van der Waals surface area contributed by atoms with Crippen molar-refractivity contribution in [2.45, 2.75) is 0 Å². The molecule has 2 N–H and O–H groups in total. The molecule has 4 nitrogen and oxygen atoms in total. The summed E-state index contributed by atoms with van der Waals surface area (Å²) in [6.07, 6.45) is 1.80. The fourth-order valence-corrected chi connectivity index (χ4v) is 3.05. The third kappa shape index (κ3) is 2.97. The summed E-state index contributed by atoms with van der Waals surface area (Å²) in [5, 5.41) is 0. The van der Waals surface area contributed by atoms with Crippen LogP contribution in [0.4, 0.5) is 0 Å². The van der Waals surface area contributed by atoms with Gasteiger partial charge in [-0.05, 0) is 12.1 Å². The Balaban J connectivity index is 2.30. The van der Waals surface area contributed by atoms with Crippen LogP contribution in [0.5, 0.6) is 5.75 Å². The van der Waals surface area contributed by atoms with Gasteiger partial charge in [-0.25, -0.2) is 0 Å². The number of amides is 1. The van der Waals surface area contributed by atoms with Crippen LogP contribution < -0.4 is 10.5 Å². The van der Waals surface area contributed by atoms with Crippen molar-refractivity contribution in [1.82, 2.24) is 4.90 Å². The average Bonchev–Trinajstić information content (AvgIpc) is 2.67. The van der Waals surface area contributed by atoms with Crippen molar-refractivity contribution in [3.8, 4) is 5.75 Å². The molecular formula is C13H14N2O2S2. The molecule has 1 fully saturated rings. The largest absolute Gasteiger partial charge is 0.496 e. The molecule has 6 heteroatoms. The molecule has 0 radical (unpaired) electrons. The van der Waals surface area contributed by atoms with Gasteiger partial charge in [-0.2, -0.15) is 0 Å². The standard InChI is InChI=1S/C13H14N2O2S2/c1-17-10-5-3-2-4-9(10)8-11-12(16)15(7-6-14)13(18)19-11/h2-5,8H,6-7,14H2,1H3/b11-8+. The maximum Gasteiger partial charge on any atom is 0.266 e. The molecule has 0 atom stereocenters. The van der Waals surface area contributed by atoms with E-state index in [1.54, 1.807) is 13.2 Å². The minimum Gasteiger partial charge on any atom is -0.496 e. The van der Waals surface area contributed by atoms with E-state index >= 15 is 0 Å². The first-order valence-corrected chi connectivity index (χ1v) is 6.98. The van der Waals surface area contributed by atoms with Crippen molar-refractivity contribution in [3.05, 3.63) is 34.7 Å². The summed E-state index contributed by atoms with van der Waals surface area (Å²) in [6, 6.07) is 7.53. The Bertz CT molecular complexity index is 543. The predicted molar refractivity (Wildman–Crippen MR) is 81.9 cm³/mol. The van der Waals surface area contributed by atoms with E-state index in [2.05, 4.69) is 0 Å². The minimum atomic E-state index is -0.0913. The predicted octanol–water partition coefficient (Wildman–Crippen LogP) is 1.86. The normalized spacial score (nSPS) is 17.4. The van der Waals surface area contributed by atoms with Crippen LogP contribution in [0.2, 0.25) is 0 Å². The van der Waals surface area contributed by atoms with Gasteiger partial charge in [-0.3, -0.25) is 9.69 Å². The summed E-state index contributed by atoms with van der Waals surface area (Å²) >= 11 is 6.47. The SMILES string of the molecule is COc1ccccc1/C=C1/SC(=S)N(CCN)C1=O. The molecule has 0 aromatic heterocycles. The fourth-order valence-electron chi connectivity index (χ4n) is 1.75. The average molecular weight is 294 g/mol. The van der Waals surface area contributed by atoms with Crippen molar-refractivity contribution in [3.63, 3.8) is 0 Å². The number of benzene rings is 1. The van der Waals surface area contributed by atoms with Crippen LogP contribution in [0.3, 0.4) is 0 Å². The first-order chi connectivity index (χ1) is 9.17. The third-order valence-corrected chi connectivity index (χ3v) is 4.03. The fraction of sp³-hybridized carbons (Fsp3) is 0.231. The second kappa shape index (κ2) is 6.18. The van der Waals surface area contributed by atoms with Gasteiger partial charge in [0.1, 0.15) is 10.1 Å². The topological polar surface area (TPSA) is 55.6 Å². The molecule has 1 saturated heterocycles. The van der Waals surface area contributed by atoms with Gasteiger partial charge in [0.15, 0.2) is 0 Å². The number of ether oxygens (including phenoxy) is 1. The Morgan fingerprint density at radius 1 is 1.47 bits per heavy atom. The van der Waals surface area contributed by atoms with Crippen LogP contribution in [0, 0.1) is 0 Å². The molecule has 0 saturated carbocycles. The van der Waals surface area contributed by atoms with Gasteiger partial charge in [-0.1, -0.05) is 42.2 Å². The highest BCUT2D eigenvalue weighted by atomic mass is 32.2. The molecule has 1 aromatic carbocycles. The van der Waals surface area contributed by atoms with Crippen LogP contribution in [0.1, 0.15) is 5.56 Å². The number of carbonyl (C=O) groups excluding carboxylic acids is 1. The van der Waals surface area contributed by atoms with Gasteiger partial charge in [0.2, 0.25) is 0 Å². The van der Waals surface area contributed by atoms with E-state index in [4.69, 9.17) is 22.7 Å². The molecular weight excluding hydrogens is 280 g/mol. The number of para-hydroxylation sites is 1. The minimum absolute atomic E-state index is 0.0913. The van der Waals surface area contributed by atoms with Crippen molar-refractivity contribution in [1.29, 1.82) is 0 Å². The molecule has 100 valence electrons. The summed E-state index contributed by atoms with van der Waals surface area (Å²) in [4.78, 5) is 14.3. The number of hydrogen-bond acceptors (Lipinski definition) is 5. The second-order valence-electron chi connectivity index (χ2n) is 3.86. The number of hydrogen-bond donors (Lipinski definition) is 1. The van der Waals surface area contributed by atoms with E-state index in [0.717, 1.165) is 11.3 Å². The van der Waals surface area contributed by atoms with Crippen molar-refractivity contribution in [2.24, 2.45) is 5.73 Å². The highest BCUT2D eigenvalue weighted by Gasteiger charge is 2.31. The Morgan fingerprint density at radius 2 is 2.21 bits per heavy atom. The summed E-state index contributed by atoms with van der Waals surface area (Å²) in [6.45, 7) is 0.850. The first kappa shape index (κ1) is 14.0. The first-order valence-electron chi connectivity index (χ1n) is 5.76. The van der Waals surface area contributed by atoms with Gasteiger partial charge in [0.05, 0.1) is 12.0 Å². The Morgan fingerprint density at radius 3 is 2.89 bits per heavy atom. The maximum absolute atomic E-state index is 12.2. The van der Waals surface area contributed by atoms with Crippen LogP contribution in [-0.4, -0.2) is 35.3 Å². The molecule has 0 unspecified atom stereocenters. The highest BCUT2D eigenvalue weighted by molar-refractivity contribution is 8.26. The molecule has 0 bridgehead atoms. The summed E-state index contributed by atoms with van der Waals surface area (Å²) < 4.78 is 5.81. The lowest BCUT2D eigenvalue weighted by Gasteiger charge is -2.11. The number of methoxy groups -OCH3 is 1. The maximum atomic E-state index is 12.2. The number of thiocarbonyl (C=S) groups is 1. The number of rotatable bonds is 4. The zero-order valence-corrected chi connectivity index (χ0v) is 12.1. The smallest absolute Gasteiger partial charge is 0.266 e. The van der Waals surface area contributed by atoms with E-state index in [1.165, 1.54) is 16.7 Å². The van der Waals surface area contributed by atoms with Gasteiger partial charge in [0, 0.05) is 18.7 Å². The number of nitrogens with two attached hydrogens (primary N) is 1. The number of nitrogens with zero attached hydrogens (tertiary/aromatic N) is 1. The molecule has 0 spiro atoms. The summed E-state index contributed by atoms with van der Waals surface area (Å²) in [5.74, 6) is 0.637. The highest BCUT2D eigenvalue weighted by Crippen LogP contribution is 2.33. The van der Waals surface area contributed by atoms with Crippen LogP contribution in [-0.2, 0) is 4.79 Å². The van der Waals surface area contributed by atoms with Gasteiger partial charge < -0.3 is 10.5 Å². The Kier molecular flexibility index (Phi) is 4.57. The Hall–Kier alpha value is -1.37. The van der Waals surface area contributed by atoms with Gasteiger partial charge in [-0.15, -0.1) is 0 Å². The molecule has 1 amide bonds. The van der Waals surface area contributed by atoms with E-state index in [-0.39, 0.29) is 5.91 Å². The third-order valence-electron chi connectivity index (χ3n) is 2.65. The van der Waals surface area contributed by atoms with E-state index < -0.39 is 0 Å². The zero-order valence-electron chi connectivity index (χ0n) is 10.5. The number of carbonyl (C=O) groups is 1. The lowest BCUT2D eigenvalue weighted by molar-refractivity contribution is -0.122. The molecule has 19 heavy (non-hydrogen) atoms. The van der Waals surface area contributed by atoms with Crippen molar-refractivity contribution in [2.75, 3.05) is 20.2 Å². The monoisotopic (exact) mass is 294 g/mol. The van der Waals surface area contributed by atoms with Crippen molar-refractivity contribution >= 4 is 40.3 Å². The summed E-state index contributed by atoms with van der Waals surface area (Å²) in [5.41, 5.74) is 6.33. The molecule has 1 aromatic rings.